The Bertz CT molecular complexity index is 316. The molecule has 1 saturated heterocycles. The highest BCUT2D eigenvalue weighted by Gasteiger charge is 2.14. The van der Waals surface area contributed by atoms with Crippen LogP contribution >= 0.6 is 11.8 Å². The smallest absolute Gasteiger partial charge is 0.0939 e. The summed E-state index contributed by atoms with van der Waals surface area (Å²) in [6.45, 7) is 4.43. The molecule has 1 aromatic heterocycles. The average molecular weight is 225 g/mol. The molecule has 3 nitrogen and oxygen atoms in total. The number of piperidine rings is 1. The first-order valence-corrected chi connectivity index (χ1v) is 6.58. The van der Waals surface area contributed by atoms with Gasteiger partial charge < -0.3 is 5.32 Å². The maximum Gasteiger partial charge on any atom is 0.0939 e. The zero-order valence-corrected chi connectivity index (χ0v) is 10.3. The fourth-order valence-corrected chi connectivity index (χ4v) is 3.19. The molecule has 0 unspecified atom stereocenters. The molecule has 1 aliphatic rings. The molecule has 15 heavy (non-hydrogen) atoms. The molecule has 1 fully saturated rings. The van der Waals surface area contributed by atoms with Crippen molar-refractivity contribution in [3.63, 3.8) is 0 Å². The van der Waals surface area contributed by atoms with Gasteiger partial charge in [0.15, 0.2) is 0 Å². The van der Waals surface area contributed by atoms with Crippen molar-refractivity contribution in [2.75, 3.05) is 18.8 Å². The minimum atomic E-state index is 0.881. The Kier molecular flexibility index (Phi) is 3.70. The standard InChI is InChI=1S/C11H19N3S/c1-9-7-11(14(2)13-9)15-8-10-3-5-12-6-4-10/h7,10,12H,3-6,8H2,1-2H3. The van der Waals surface area contributed by atoms with Crippen molar-refractivity contribution in [1.29, 1.82) is 0 Å². The highest BCUT2D eigenvalue weighted by molar-refractivity contribution is 7.99. The van der Waals surface area contributed by atoms with E-state index in [1.54, 1.807) is 0 Å². The summed E-state index contributed by atoms with van der Waals surface area (Å²) < 4.78 is 1.99. The Morgan fingerprint density at radius 3 is 2.87 bits per heavy atom. The summed E-state index contributed by atoms with van der Waals surface area (Å²) in [7, 11) is 2.03. The van der Waals surface area contributed by atoms with Crippen LogP contribution in [0.15, 0.2) is 11.1 Å². The number of aromatic nitrogens is 2. The molecular formula is C11H19N3S. The second-order valence-electron chi connectivity index (χ2n) is 4.25. The van der Waals surface area contributed by atoms with Crippen LogP contribution in [0, 0.1) is 12.8 Å². The zero-order chi connectivity index (χ0) is 10.7. The molecule has 0 aromatic carbocycles. The maximum absolute atomic E-state index is 4.36. The Labute approximate surface area is 95.6 Å². The van der Waals surface area contributed by atoms with Gasteiger partial charge >= 0.3 is 0 Å². The number of rotatable bonds is 3. The van der Waals surface area contributed by atoms with Crippen molar-refractivity contribution in [3.05, 3.63) is 11.8 Å². The molecule has 0 saturated carbocycles. The van der Waals surface area contributed by atoms with E-state index in [1.165, 1.54) is 36.7 Å². The van der Waals surface area contributed by atoms with Crippen LogP contribution in [0.3, 0.4) is 0 Å². The Morgan fingerprint density at radius 2 is 2.27 bits per heavy atom. The molecule has 0 bridgehead atoms. The van der Waals surface area contributed by atoms with Gasteiger partial charge in [-0.25, -0.2) is 0 Å². The summed E-state index contributed by atoms with van der Waals surface area (Å²) in [6, 6.07) is 2.17. The lowest BCUT2D eigenvalue weighted by Gasteiger charge is -2.21. The number of thioether (sulfide) groups is 1. The van der Waals surface area contributed by atoms with E-state index in [9.17, 15) is 0 Å². The van der Waals surface area contributed by atoms with Gasteiger partial charge in [-0.05, 0) is 44.8 Å². The quantitative estimate of drug-likeness (QED) is 0.796. The minimum Gasteiger partial charge on any atom is -0.317 e. The predicted octanol–water partition coefficient (Wildman–Crippen LogP) is 1.82. The Hall–Kier alpha value is -0.480. The third kappa shape index (κ3) is 2.98. The van der Waals surface area contributed by atoms with Crippen LogP contribution in [0.4, 0.5) is 0 Å². The molecule has 0 aliphatic carbocycles. The summed E-state index contributed by atoms with van der Waals surface area (Å²) in [4.78, 5) is 0. The maximum atomic E-state index is 4.36. The van der Waals surface area contributed by atoms with Crippen LogP contribution in [0.1, 0.15) is 18.5 Å². The zero-order valence-electron chi connectivity index (χ0n) is 9.49. The fourth-order valence-electron chi connectivity index (χ4n) is 1.97. The summed E-state index contributed by atoms with van der Waals surface area (Å²) in [6.07, 6.45) is 2.65. The SMILES string of the molecule is Cc1cc(SCC2CCNCC2)n(C)n1. The van der Waals surface area contributed by atoms with Crippen LogP contribution in [0.2, 0.25) is 0 Å². The third-order valence-corrected chi connectivity index (χ3v) is 4.20. The number of nitrogens with one attached hydrogen (secondary N) is 1. The van der Waals surface area contributed by atoms with E-state index >= 15 is 0 Å². The molecule has 0 amide bonds. The van der Waals surface area contributed by atoms with Gasteiger partial charge in [0.25, 0.3) is 0 Å². The summed E-state index contributed by atoms with van der Waals surface area (Å²) in [5.41, 5.74) is 1.12. The summed E-state index contributed by atoms with van der Waals surface area (Å²) >= 11 is 1.95. The van der Waals surface area contributed by atoms with E-state index in [-0.39, 0.29) is 0 Å². The van der Waals surface area contributed by atoms with Crippen LogP contribution in [0.5, 0.6) is 0 Å². The predicted molar refractivity (Wildman–Crippen MR) is 64.3 cm³/mol. The molecule has 2 rings (SSSR count). The second-order valence-corrected chi connectivity index (χ2v) is 5.29. The van der Waals surface area contributed by atoms with Gasteiger partial charge in [0.1, 0.15) is 0 Å². The molecule has 1 aromatic rings. The van der Waals surface area contributed by atoms with Crippen molar-refractivity contribution in [3.8, 4) is 0 Å². The van der Waals surface area contributed by atoms with Gasteiger partial charge in [-0.1, -0.05) is 0 Å². The van der Waals surface area contributed by atoms with Crippen molar-refractivity contribution in [2.24, 2.45) is 13.0 Å². The van der Waals surface area contributed by atoms with Crippen LogP contribution < -0.4 is 5.32 Å². The lowest BCUT2D eigenvalue weighted by Crippen LogP contribution is -2.28. The highest BCUT2D eigenvalue weighted by atomic mass is 32.2. The van der Waals surface area contributed by atoms with E-state index in [2.05, 4.69) is 23.4 Å². The van der Waals surface area contributed by atoms with E-state index in [1.807, 2.05) is 23.5 Å². The van der Waals surface area contributed by atoms with E-state index in [4.69, 9.17) is 0 Å². The van der Waals surface area contributed by atoms with Crippen LogP contribution in [0.25, 0.3) is 0 Å². The van der Waals surface area contributed by atoms with Crippen molar-refractivity contribution < 1.29 is 0 Å². The van der Waals surface area contributed by atoms with Gasteiger partial charge in [-0.15, -0.1) is 11.8 Å². The van der Waals surface area contributed by atoms with Crippen molar-refractivity contribution >= 4 is 11.8 Å². The van der Waals surface area contributed by atoms with Gasteiger partial charge in [-0.2, -0.15) is 5.10 Å². The van der Waals surface area contributed by atoms with Gasteiger partial charge in [-0.3, -0.25) is 4.68 Å². The normalized spacial score (nSPS) is 18.3. The van der Waals surface area contributed by atoms with E-state index < -0.39 is 0 Å². The second kappa shape index (κ2) is 5.03. The van der Waals surface area contributed by atoms with Gasteiger partial charge in [0, 0.05) is 12.8 Å². The van der Waals surface area contributed by atoms with Gasteiger partial charge in [0.05, 0.1) is 10.7 Å². The van der Waals surface area contributed by atoms with Crippen LogP contribution in [-0.4, -0.2) is 28.6 Å². The summed E-state index contributed by atoms with van der Waals surface area (Å²) in [5.74, 6) is 2.12. The number of nitrogens with zero attached hydrogens (tertiary/aromatic N) is 2. The van der Waals surface area contributed by atoms with Crippen molar-refractivity contribution in [2.45, 2.75) is 24.8 Å². The number of hydrogen-bond donors (Lipinski definition) is 1. The van der Waals surface area contributed by atoms with E-state index in [0.29, 0.717) is 0 Å². The molecule has 4 heteroatoms. The molecule has 1 aliphatic heterocycles. The van der Waals surface area contributed by atoms with Gasteiger partial charge in [0.2, 0.25) is 0 Å². The first-order chi connectivity index (χ1) is 7.25. The fraction of sp³-hybridized carbons (Fsp3) is 0.727. The number of aryl methyl sites for hydroxylation is 2. The molecule has 84 valence electrons. The highest BCUT2D eigenvalue weighted by Crippen LogP contribution is 2.24. The van der Waals surface area contributed by atoms with Crippen LogP contribution in [-0.2, 0) is 7.05 Å². The third-order valence-electron chi connectivity index (χ3n) is 2.88. The summed E-state index contributed by atoms with van der Waals surface area (Å²) in [5, 5.41) is 9.06. The molecule has 1 N–H and O–H groups in total. The lowest BCUT2D eigenvalue weighted by molar-refractivity contribution is 0.407. The Morgan fingerprint density at radius 1 is 1.53 bits per heavy atom. The number of hydrogen-bond acceptors (Lipinski definition) is 3. The van der Waals surface area contributed by atoms with Crippen molar-refractivity contribution in [1.82, 2.24) is 15.1 Å². The van der Waals surface area contributed by atoms with E-state index in [0.717, 1.165) is 11.6 Å². The molecule has 0 radical (unpaired) electrons. The average Bonchev–Trinajstić information content (AvgIpc) is 2.56. The monoisotopic (exact) mass is 225 g/mol. The first kappa shape index (κ1) is 11.0. The Balaban J connectivity index is 1.84. The molecule has 0 atom stereocenters. The molecular weight excluding hydrogens is 206 g/mol. The largest absolute Gasteiger partial charge is 0.317 e. The minimum absolute atomic E-state index is 0.881. The first-order valence-electron chi connectivity index (χ1n) is 5.60. The molecule has 2 heterocycles. The lowest BCUT2D eigenvalue weighted by atomic mass is 10.0. The molecule has 0 spiro atoms. The topological polar surface area (TPSA) is 29.9 Å².